The maximum atomic E-state index is 13.2. The lowest BCUT2D eigenvalue weighted by atomic mass is 10.1. The lowest BCUT2D eigenvalue weighted by molar-refractivity contribution is 0.102. The summed E-state index contributed by atoms with van der Waals surface area (Å²) in [6, 6.07) is 16.2. The van der Waals surface area contributed by atoms with Gasteiger partial charge in [0.2, 0.25) is 0 Å². The summed E-state index contributed by atoms with van der Waals surface area (Å²) >= 11 is 5.89. The van der Waals surface area contributed by atoms with Crippen molar-refractivity contribution in [3.63, 3.8) is 0 Å². The van der Waals surface area contributed by atoms with Crippen LogP contribution in [0.15, 0.2) is 65.6 Å². The van der Waals surface area contributed by atoms with Gasteiger partial charge >= 0.3 is 0 Å². The van der Waals surface area contributed by atoms with Crippen molar-refractivity contribution in [1.29, 1.82) is 0 Å². The van der Waals surface area contributed by atoms with Crippen LogP contribution in [0.25, 0.3) is 0 Å². The third kappa shape index (κ3) is 4.11. The molecule has 3 aromatic rings. The summed E-state index contributed by atoms with van der Waals surface area (Å²) in [6.45, 7) is 0.327. The van der Waals surface area contributed by atoms with Crippen molar-refractivity contribution in [3.8, 4) is 11.5 Å². The highest BCUT2D eigenvalue weighted by atomic mass is 35.5. The van der Waals surface area contributed by atoms with E-state index in [0.717, 1.165) is 5.56 Å². The molecule has 1 heterocycles. The Labute approximate surface area is 191 Å². The van der Waals surface area contributed by atoms with Crippen LogP contribution in [0.5, 0.6) is 11.5 Å². The zero-order chi connectivity index (χ0) is 22.9. The van der Waals surface area contributed by atoms with Crippen LogP contribution in [0.4, 0.5) is 11.4 Å². The van der Waals surface area contributed by atoms with Gasteiger partial charge in [0.05, 0.1) is 24.8 Å². The van der Waals surface area contributed by atoms with E-state index >= 15 is 0 Å². The van der Waals surface area contributed by atoms with Gasteiger partial charge in [0.25, 0.3) is 15.9 Å². The highest BCUT2D eigenvalue weighted by Crippen LogP contribution is 2.35. The minimum absolute atomic E-state index is 0.162. The molecule has 0 spiro atoms. The smallest absolute Gasteiger partial charge is 0.264 e. The first-order valence-electron chi connectivity index (χ1n) is 9.78. The van der Waals surface area contributed by atoms with Crippen molar-refractivity contribution in [2.24, 2.45) is 0 Å². The number of carbonyl (C=O) groups is 1. The highest BCUT2D eigenvalue weighted by molar-refractivity contribution is 7.92. The Kier molecular flexibility index (Phi) is 5.99. The van der Waals surface area contributed by atoms with Gasteiger partial charge in [-0.2, -0.15) is 0 Å². The predicted octanol–water partition coefficient (Wildman–Crippen LogP) is 4.36. The Hall–Kier alpha value is -3.23. The minimum atomic E-state index is -3.75. The molecule has 166 valence electrons. The van der Waals surface area contributed by atoms with Crippen LogP contribution in [0.2, 0.25) is 5.02 Å². The highest BCUT2D eigenvalue weighted by Gasteiger charge is 2.31. The van der Waals surface area contributed by atoms with Crippen molar-refractivity contribution in [1.82, 2.24) is 0 Å². The topological polar surface area (TPSA) is 84.9 Å². The zero-order valence-corrected chi connectivity index (χ0v) is 19.0. The van der Waals surface area contributed by atoms with Crippen molar-refractivity contribution in [2.45, 2.75) is 11.3 Å². The number of ether oxygens (including phenoxy) is 2. The Morgan fingerprint density at radius 1 is 0.969 bits per heavy atom. The van der Waals surface area contributed by atoms with Crippen LogP contribution in [0, 0.1) is 0 Å². The van der Waals surface area contributed by atoms with E-state index in [0.29, 0.717) is 46.4 Å². The first kappa shape index (κ1) is 22.0. The van der Waals surface area contributed by atoms with Crippen molar-refractivity contribution in [2.75, 3.05) is 30.4 Å². The summed E-state index contributed by atoms with van der Waals surface area (Å²) in [7, 11) is -0.736. The molecule has 4 rings (SSSR count). The van der Waals surface area contributed by atoms with Gasteiger partial charge in [-0.1, -0.05) is 17.7 Å². The summed E-state index contributed by atoms with van der Waals surface area (Å²) < 4.78 is 38.1. The summed E-state index contributed by atoms with van der Waals surface area (Å²) in [4.78, 5) is 12.9. The molecular weight excluding hydrogens is 452 g/mol. The number of sulfonamides is 1. The SMILES string of the molecule is COc1ccc(C(=O)Nc2ccc3c(c2)N(S(=O)(=O)c2ccc(Cl)cc2)CC3)cc1OC. The average Bonchev–Trinajstić information content (AvgIpc) is 3.23. The fourth-order valence-corrected chi connectivity index (χ4v) is 5.21. The van der Waals surface area contributed by atoms with Crippen molar-refractivity contribution in [3.05, 3.63) is 76.8 Å². The van der Waals surface area contributed by atoms with E-state index in [4.69, 9.17) is 21.1 Å². The first-order valence-corrected chi connectivity index (χ1v) is 11.6. The first-order chi connectivity index (χ1) is 15.3. The molecule has 0 aliphatic carbocycles. The molecule has 32 heavy (non-hydrogen) atoms. The quantitative estimate of drug-likeness (QED) is 0.576. The van der Waals surface area contributed by atoms with Crippen molar-refractivity contribution < 1.29 is 22.7 Å². The maximum Gasteiger partial charge on any atom is 0.264 e. The van der Waals surface area contributed by atoms with Gasteiger partial charge in [-0.25, -0.2) is 8.42 Å². The molecule has 0 unspecified atom stereocenters. The van der Waals surface area contributed by atoms with Crippen LogP contribution < -0.4 is 19.1 Å². The Morgan fingerprint density at radius 3 is 2.38 bits per heavy atom. The third-order valence-electron chi connectivity index (χ3n) is 5.24. The number of anilines is 2. The zero-order valence-electron chi connectivity index (χ0n) is 17.5. The summed E-state index contributed by atoms with van der Waals surface area (Å²) in [6.07, 6.45) is 0.589. The van der Waals surface area contributed by atoms with Crippen molar-refractivity contribution >= 4 is 38.9 Å². The van der Waals surface area contributed by atoms with Crippen LogP contribution in [-0.4, -0.2) is 35.1 Å². The van der Waals surface area contributed by atoms with E-state index in [1.807, 2.05) is 6.07 Å². The largest absolute Gasteiger partial charge is 0.493 e. The number of hydrogen-bond donors (Lipinski definition) is 1. The molecule has 7 nitrogen and oxygen atoms in total. The molecule has 1 aliphatic heterocycles. The van der Waals surface area contributed by atoms with E-state index in [1.54, 1.807) is 42.5 Å². The summed E-state index contributed by atoms with van der Waals surface area (Å²) in [5.74, 6) is 0.606. The van der Waals surface area contributed by atoms with Gasteiger partial charge in [-0.15, -0.1) is 0 Å². The lowest BCUT2D eigenvalue weighted by Gasteiger charge is -2.20. The number of rotatable bonds is 6. The number of hydrogen-bond acceptors (Lipinski definition) is 5. The number of methoxy groups -OCH3 is 2. The van der Waals surface area contributed by atoms with Gasteiger partial charge in [-0.05, 0) is 66.6 Å². The fourth-order valence-electron chi connectivity index (χ4n) is 3.59. The van der Waals surface area contributed by atoms with Gasteiger partial charge in [0.15, 0.2) is 11.5 Å². The fraction of sp³-hybridized carbons (Fsp3) is 0.174. The van der Waals surface area contributed by atoms with Gasteiger partial charge in [-0.3, -0.25) is 9.10 Å². The normalized spacial score (nSPS) is 12.9. The average molecular weight is 473 g/mol. The number of halogens is 1. The number of nitrogens with zero attached hydrogens (tertiary/aromatic N) is 1. The Bertz CT molecular complexity index is 1280. The molecule has 1 amide bonds. The number of amides is 1. The lowest BCUT2D eigenvalue weighted by Crippen LogP contribution is -2.29. The van der Waals surface area contributed by atoms with Crippen LogP contribution >= 0.6 is 11.6 Å². The maximum absolute atomic E-state index is 13.2. The monoisotopic (exact) mass is 472 g/mol. The second kappa shape index (κ2) is 8.72. The number of carbonyl (C=O) groups excluding carboxylic acids is 1. The van der Waals surface area contributed by atoms with E-state index < -0.39 is 10.0 Å². The molecule has 9 heteroatoms. The Morgan fingerprint density at radius 2 is 1.69 bits per heavy atom. The number of fused-ring (bicyclic) bond motifs is 1. The molecule has 0 bridgehead atoms. The van der Waals surface area contributed by atoms with Gasteiger partial charge in [0.1, 0.15) is 0 Å². The molecular formula is C23H21ClN2O5S. The van der Waals surface area contributed by atoms with E-state index in [9.17, 15) is 13.2 Å². The molecule has 3 aromatic carbocycles. The molecule has 0 atom stereocenters. The predicted molar refractivity (Wildman–Crippen MR) is 124 cm³/mol. The summed E-state index contributed by atoms with van der Waals surface area (Å²) in [5, 5.41) is 3.29. The van der Waals surface area contributed by atoms with E-state index in [-0.39, 0.29) is 10.8 Å². The Balaban J connectivity index is 1.60. The standard InChI is InChI=1S/C23H21ClN2O5S/c1-30-21-10-4-16(13-22(21)31-2)23(27)25-18-7-3-15-11-12-26(20(15)14-18)32(28,29)19-8-5-17(24)6-9-19/h3-10,13-14H,11-12H2,1-2H3,(H,25,27). The van der Waals surface area contributed by atoms with Gasteiger partial charge < -0.3 is 14.8 Å². The van der Waals surface area contributed by atoms with E-state index in [1.165, 1.54) is 30.7 Å². The molecule has 0 saturated heterocycles. The number of benzene rings is 3. The second-order valence-corrected chi connectivity index (χ2v) is 9.45. The molecule has 0 fully saturated rings. The van der Waals surface area contributed by atoms with Crippen LogP contribution in [0.1, 0.15) is 15.9 Å². The molecule has 0 aromatic heterocycles. The third-order valence-corrected chi connectivity index (χ3v) is 7.32. The van der Waals surface area contributed by atoms with Gasteiger partial charge in [0, 0.05) is 22.8 Å². The molecule has 1 N–H and O–H groups in total. The van der Waals surface area contributed by atoms with Crippen LogP contribution in [-0.2, 0) is 16.4 Å². The molecule has 0 saturated carbocycles. The number of nitrogens with one attached hydrogen (secondary N) is 1. The minimum Gasteiger partial charge on any atom is -0.493 e. The molecule has 0 radical (unpaired) electrons. The van der Waals surface area contributed by atoms with Crippen LogP contribution in [0.3, 0.4) is 0 Å². The van der Waals surface area contributed by atoms with E-state index in [2.05, 4.69) is 5.32 Å². The summed E-state index contributed by atoms with van der Waals surface area (Å²) in [5.41, 5.74) is 2.31. The molecule has 1 aliphatic rings. The second-order valence-electron chi connectivity index (χ2n) is 7.15.